The van der Waals surface area contributed by atoms with Crippen LogP contribution in [0.3, 0.4) is 0 Å². The van der Waals surface area contributed by atoms with Crippen molar-refractivity contribution in [1.82, 2.24) is 0 Å². The molecule has 0 saturated heterocycles. The van der Waals surface area contributed by atoms with Gasteiger partial charge in [0.2, 0.25) is 0 Å². The number of hydrogen-bond acceptors (Lipinski definition) is 3. The molecular weight excluding hydrogens is 226 g/mol. The second-order valence-corrected chi connectivity index (χ2v) is 5.09. The number of hydrogen-bond donors (Lipinski definition) is 0. The van der Waals surface area contributed by atoms with Crippen LogP contribution in [-0.4, -0.2) is 21.3 Å². The molecule has 15 heavy (non-hydrogen) atoms. The van der Waals surface area contributed by atoms with Crippen LogP contribution in [0.1, 0.15) is 5.56 Å². The van der Waals surface area contributed by atoms with Crippen LogP contribution >= 0.6 is 0 Å². The van der Waals surface area contributed by atoms with Crippen LogP contribution < -0.4 is 4.74 Å². The molecule has 0 saturated carbocycles. The summed E-state index contributed by atoms with van der Waals surface area (Å²) < 4.78 is 50.2. The Kier molecular flexibility index (Phi) is 3.28. The predicted molar refractivity (Wildman–Crippen MR) is 50.9 cm³/mol. The number of aryl methyl sites for hydroxylation is 1. The predicted octanol–water partition coefficient (Wildman–Crippen LogP) is 2.00. The summed E-state index contributed by atoms with van der Waals surface area (Å²) in [6, 6.07) is 3.75. The average molecular weight is 236 g/mol. The van der Waals surface area contributed by atoms with E-state index in [1.54, 1.807) is 0 Å². The third-order valence-electron chi connectivity index (χ3n) is 1.79. The molecule has 0 aliphatic rings. The molecular formula is C9H10F2O3S. The Morgan fingerprint density at radius 2 is 1.93 bits per heavy atom. The fraction of sp³-hybridized carbons (Fsp3) is 0.333. The SMILES string of the molecule is Cc1cc(S(C)(=O)=O)ccc1OC(F)F. The monoisotopic (exact) mass is 236 g/mol. The van der Waals surface area contributed by atoms with Crippen molar-refractivity contribution in [1.29, 1.82) is 0 Å². The summed E-state index contributed by atoms with van der Waals surface area (Å²) in [4.78, 5) is 0.0848. The fourth-order valence-corrected chi connectivity index (χ4v) is 1.79. The van der Waals surface area contributed by atoms with E-state index in [9.17, 15) is 17.2 Å². The van der Waals surface area contributed by atoms with E-state index >= 15 is 0 Å². The maximum absolute atomic E-state index is 11.9. The van der Waals surface area contributed by atoms with E-state index in [0.29, 0.717) is 5.56 Å². The van der Waals surface area contributed by atoms with Gasteiger partial charge in [0.15, 0.2) is 9.84 Å². The van der Waals surface area contributed by atoms with Crippen molar-refractivity contribution in [3.8, 4) is 5.75 Å². The first kappa shape index (κ1) is 11.9. The summed E-state index contributed by atoms with van der Waals surface area (Å²) in [5, 5.41) is 0. The van der Waals surface area contributed by atoms with Gasteiger partial charge >= 0.3 is 6.61 Å². The highest BCUT2D eigenvalue weighted by Gasteiger charge is 2.11. The third kappa shape index (κ3) is 3.16. The molecule has 1 aromatic carbocycles. The van der Waals surface area contributed by atoms with Crippen molar-refractivity contribution in [3.05, 3.63) is 23.8 Å². The minimum atomic E-state index is -3.31. The van der Waals surface area contributed by atoms with Crippen LogP contribution in [0, 0.1) is 6.92 Å². The van der Waals surface area contributed by atoms with Crippen LogP contribution in [0.4, 0.5) is 8.78 Å². The van der Waals surface area contributed by atoms with Crippen molar-refractivity contribution >= 4 is 9.84 Å². The lowest BCUT2D eigenvalue weighted by atomic mass is 10.2. The molecule has 0 N–H and O–H groups in total. The van der Waals surface area contributed by atoms with Crippen molar-refractivity contribution in [2.75, 3.05) is 6.26 Å². The molecule has 0 bridgehead atoms. The van der Waals surface area contributed by atoms with Crippen LogP contribution in [0.5, 0.6) is 5.75 Å². The minimum Gasteiger partial charge on any atom is -0.435 e. The van der Waals surface area contributed by atoms with E-state index in [4.69, 9.17) is 0 Å². The number of alkyl halides is 2. The molecule has 0 unspecified atom stereocenters. The first-order chi connectivity index (χ1) is 6.80. The standard InChI is InChI=1S/C9H10F2O3S/c1-6-5-7(15(2,12)13)3-4-8(6)14-9(10)11/h3-5,9H,1-2H3. The van der Waals surface area contributed by atoms with E-state index in [1.807, 2.05) is 0 Å². The number of rotatable bonds is 3. The lowest BCUT2D eigenvalue weighted by Gasteiger charge is -2.08. The van der Waals surface area contributed by atoms with Gasteiger partial charge in [-0.05, 0) is 30.7 Å². The quantitative estimate of drug-likeness (QED) is 0.806. The van der Waals surface area contributed by atoms with Crippen molar-refractivity contribution in [2.45, 2.75) is 18.4 Å². The molecule has 3 nitrogen and oxygen atoms in total. The number of sulfone groups is 1. The van der Waals surface area contributed by atoms with Gasteiger partial charge in [-0.25, -0.2) is 8.42 Å². The molecule has 0 aromatic heterocycles. The number of halogens is 2. The first-order valence-corrected chi connectivity index (χ1v) is 5.95. The highest BCUT2D eigenvalue weighted by molar-refractivity contribution is 7.90. The Bertz CT molecular complexity index is 454. The van der Waals surface area contributed by atoms with Gasteiger partial charge in [-0.3, -0.25) is 0 Å². The molecule has 0 aliphatic heterocycles. The van der Waals surface area contributed by atoms with Gasteiger partial charge in [0.05, 0.1) is 4.90 Å². The zero-order valence-corrected chi connectivity index (χ0v) is 9.01. The Hall–Kier alpha value is -1.17. The van der Waals surface area contributed by atoms with Crippen LogP contribution in [0.25, 0.3) is 0 Å². The number of benzene rings is 1. The smallest absolute Gasteiger partial charge is 0.387 e. The maximum atomic E-state index is 11.9. The molecule has 0 heterocycles. The summed E-state index contributed by atoms with van der Waals surface area (Å²) in [5.41, 5.74) is 0.359. The third-order valence-corrected chi connectivity index (χ3v) is 2.90. The van der Waals surface area contributed by atoms with Gasteiger partial charge in [-0.1, -0.05) is 0 Å². The van der Waals surface area contributed by atoms with E-state index in [-0.39, 0.29) is 10.6 Å². The van der Waals surface area contributed by atoms with Crippen LogP contribution in [-0.2, 0) is 9.84 Å². The van der Waals surface area contributed by atoms with E-state index in [0.717, 1.165) is 6.26 Å². The molecule has 0 radical (unpaired) electrons. The molecule has 0 amide bonds. The molecule has 1 rings (SSSR count). The van der Waals surface area contributed by atoms with Gasteiger partial charge in [0.25, 0.3) is 0 Å². The molecule has 6 heteroatoms. The van der Waals surface area contributed by atoms with Crippen LogP contribution in [0.15, 0.2) is 23.1 Å². The topological polar surface area (TPSA) is 43.4 Å². The van der Waals surface area contributed by atoms with Gasteiger partial charge in [0.1, 0.15) is 5.75 Å². The summed E-state index contributed by atoms with van der Waals surface area (Å²) in [6.45, 7) is -1.40. The lowest BCUT2D eigenvalue weighted by Crippen LogP contribution is -2.04. The van der Waals surface area contributed by atoms with Gasteiger partial charge < -0.3 is 4.74 Å². The first-order valence-electron chi connectivity index (χ1n) is 4.06. The summed E-state index contributed by atoms with van der Waals surface area (Å²) in [6.07, 6.45) is 1.05. The lowest BCUT2D eigenvalue weighted by molar-refractivity contribution is -0.0503. The van der Waals surface area contributed by atoms with Crippen molar-refractivity contribution < 1.29 is 21.9 Å². The second kappa shape index (κ2) is 4.14. The normalized spacial score (nSPS) is 11.8. The molecule has 1 aromatic rings. The van der Waals surface area contributed by atoms with E-state index in [1.165, 1.54) is 25.1 Å². The highest BCUT2D eigenvalue weighted by Crippen LogP contribution is 2.23. The molecule has 84 valence electrons. The summed E-state index contributed by atoms with van der Waals surface area (Å²) >= 11 is 0. The van der Waals surface area contributed by atoms with Crippen LogP contribution in [0.2, 0.25) is 0 Å². The van der Waals surface area contributed by atoms with Crippen molar-refractivity contribution in [3.63, 3.8) is 0 Å². The van der Waals surface area contributed by atoms with E-state index in [2.05, 4.69) is 4.74 Å². The number of ether oxygens (including phenoxy) is 1. The Morgan fingerprint density at radius 3 is 2.33 bits per heavy atom. The zero-order valence-electron chi connectivity index (χ0n) is 8.20. The molecule has 0 atom stereocenters. The summed E-state index contributed by atoms with van der Waals surface area (Å²) in [5.74, 6) is -0.0163. The average Bonchev–Trinajstić information content (AvgIpc) is 2.05. The minimum absolute atomic E-state index is 0.0163. The second-order valence-electron chi connectivity index (χ2n) is 3.08. The van der Waals surface area contributed by atoms with E-state index < -0.39 is 16.4 Å². The maximum Gasteiger partial charge on any atom is 0.387 e. The Balaban J connectivity index is 3.09. The Labute approximate surface area is 86.6 Å². The molecule has 0 spiro atoms. The van der Waals surface area contributed by atoms with Gasteiger partial charge in [-0.15, -0.1) is 0 Å². The highest BCUT2D eigenvalue weighted by atomic mass is 32.2. The molecule has 0 aliphatic carbocycles. The Morgan fingerprint density at radius 1 is 1.33 bits per heavy atom. The van der Waals surface area contributed by atoms with Gasteiger partial charge in [0, 0.05) is 6.26 Å². The zero-order chi connectivity index (χ0) is 11.6. The summed E-state index contributed by atoms with van der Waals surface area (Å²) in [7, 11) is -3.31. The molecule has 0 fully saturated rings. The largest absolute Gasteiger partial charge is 0.435 e. The van der Waals surface area contributed by atoms with Gasteiger partial charge in [-0.2, -0.15) is 8.78 Å². The fourth-order valence-electron chi connectivity index (χ4n) is 1.08. The van der Waals surface area contributed by atoms with Crippen molar-refractivity contribution in [2.24, 2.45) is 0 Å².